The number of carbonyl (C=O) groups excluding carboxylic acids is 3. The Labute approximate surface area is 225 Å². The first-order valence-corrected chi connectivity index (χ1v) is 13.2. The van der Waals surface area contributed by atoms with Gasteiger partial charge in [0, 0.05) is 47.3 Å². The van der Waals surface area contributed by atoms with Crippen LogP contribution in [0.4, 0.5) is 0 Å². The maximum Gasteiger partial charge on any atom is 0.338 e. The molecule has 0 unspecified atom stereocenters. The highest BCUT2D eigenvalue weighted by atomic mass is 16.5. The standard InChI is InChI=1S/C32H28O7/c1-4-17(2)23-15-22(33)24-20(16-38-31(36)19-8-6-5-7-9-19)14-21-26(30(24)39-23)29(35)27-25(28(21)34)18-10-12-32(27,37-3)13-11-18/h5-10,12,14-15,17-18H,4,11,13,16H2,1-3H3/t17-,18+,32+/m1/s1. The summed E-state index contributed by atoms with van der Waals surface area (Å²) in [5, 5.41) is 0.134. The van der Waals surface area contributed by atoms with Gasteiger partial charge in [-0.2, -0.15) is 0 Å². The van der Waals surface area contributed by atoms with E-state index in [1.54, 1.807) is 30.3 Å². The van der Waals surface area contributed by atoms with Gasteiger partial charge in [-0.05, 0) is 37.5 Å². The number of ether oxygens (including phenoxy) is 2. The summed E-state index contributed by atoms with van der Waals surface area (Å²) in [6, 6.07) is 11.5. The average molecular weight is 525 g/mol. The molecule has 0 aliphatic heterocycles. The highest BCUT2D eigenvalue weighted by molar-refractivity contribution is 6.31. The molecule has 0 spiro atoms. The third-order valence-electron chi connectivity index (χ3n) is 8.36. The van der Waals surface area contributed by atoms with Crippen LogP contribution in [0, 0.1) is 5.92 Å². The summed E-state index contributed by atoms with van der Waals surface area (Å²) in [5.41, 5.74) is 0.411. The summed E-state index contributed by atoms with van der Waals surface area (Å²) in [6.07, 6.45) is 5.81. The van der Waals surface area contributed by atoms with E-state index >= 15 is 0 Å². The van der Waals surface area contributed by atoms with Gasteiger partial charge < -0.3 is 13.9 Å². The predicted octanol–water partition coefficient (Wildman–Crippen LogP) is 5.70. The van der Waals surface area contributed by atoms with Crippen LogP contribution in [0.15, 0.2) is 75.0 Å². The lowest BCUT2D eigenvalue weighted by Gasteiger charge is -2.44. The summed E-state index contributed by atoms with van der Waals surface area (Å²) in [7, 11) is 1.54. The van der Waals surface area contributed by atoms with Crippen molar-refractivity contribution in [2.24, 2.45) is 5.92 Å². The molecular weight excluding hydrogens is 496 g/mol. The van der Waals surface area contributed by atoms with Crippen LogP contribution in [0.25, 0.3) is 11.0 Å². The highest BCUT2D eigenvalue weighted by Crippen LogP contribution is 2.50. The van der Waals surface area contributed by atoms with Crippen LogP contribution in [0.1, 0.15) is 81.4 Å². The molecule has 0 fully saturated rings. The van der Waals surface area contributed by atoms with E-state index in [2.05, 4.69) is 0 Å². The predicted molar refractivity (Wildman–Crippen MR) is 144 cm³/mol. The number of Topliss-reactive ketones (excluding diaryl/α,β-unsaturated/α-hetero) is 2. The fraction of sp³-hybridized carbons (Fsp3) is 0.312. The van der Waals surface area contributed by atoms with Crippen molar-refractivity contribution in [2.75, 3.05) is 7.11 Å². The van der Waals surface area contributed by atoms with Gasteiger partial charge in [0.2, 0.25) is 0 Å². The normalized spacial score (nSPS) is 22.2. The maximum absolute atomic E-state index is 14.2. The quantitative estimate of drug-likeness (QED) is 0.301. The van der Waals surface area contributed by atoms with E-state index in [1.165, 1.54) is 19.2 Å². The van der Waals surface area contributed by atoms with Crippen LogP contribution in [0.2, 0.25) is 0 Å². The van der Waals surface area contributed by atoms with E-state index < -0.39 is 11.6 Å². The van der Waals surface area contributed by atoms with Gasteiger partial charge in [0.05, 0.1) is 16.5 Å². The van der Waals surface area contributed by atoms with Crippen molar-refractivity contribution in [2.45, 2.75) is 51.2 Å². The Morgan fingerprint density at radius 3 is 2.56 bits per heavy atom. The van der Waals surface area contributed by atoms with Gasteiger partial charge in [-0.15, -0.1) is 0 Å². The smallest absolute Gasteiger partial charge is 0.338 e. The topological polar surface area (TPSA) is 99.9 Å². The molecule has 39 heavy (non-hydrogen) atoms. The lowest BCUT2D eigenvalue weighted by atomic mass is 9.62. The van der Waals surface area contributed by atoms with E-state index in [0.29, 0.717) is 47.3 Å². The second kappa shape index (κ2) is 9.27. The number of fused-ring (bicyclic) bond motifs is 4. The third kappa shape index (κ3) is 3.75. The van der Waals surface area contributed by atoms with Crippen LogP contribution in [0.3, 0.4) is 0 Å². The van der Waals surface area contributed by atoms with Gasteiger partial charge in [-0.25, -0.2) is 4.79 Å². The van der Waals surface area contributed by atoms with Crippen LogP contribution in [-0.4, -0.2) is 30.2 Å². The summed E-state index contributed by atoms with van der Waals surface area (Å²) >= 11 is 0. The van der Waals surface area contributed by atoms with E-state index in [0.717, 1.165) is 0 Å². The first-order chi connectivity index (χ1) is 18.8. The second-order valence-electron chi connectivity index (χ2n) is 10.5. The number of rotatable bonds is 6. The van der Waals surface area contributed by atoms with Gasteiger partial charge in [0.1, 0.15) is 23.6 Å². The summed E-state index contributed by atoms with van der Waals surface area (Å²) in [6.45, 7) is 3.65. The zero-order chi connectivity index (χ0) is 27.5. The molecule has 1 heterocycles. The Kier molecular flexibility index (Phi) is 5.99. The molecular formula is C32H28O7. The number of esters is 1. The number of carbonyl (C=O) groups is 3. The molecule has 1 aromatic heterocycles. The van der Waals surface area contributed by atoms with Crippen molar-refractivity contribution < 1.29 is 28.3 Å². The molecule has 0 saturated carbocycles. The van der Waals surface area contributed by atoms with E-state index in [4.69, 9.17) is 13.9 Å². The molecule has 7 rings (SSSR count). The van der Waals surface area contributed by atoms with Gasteiger partial charge in [-0.3, -0.25) is 14.4 Å². The number of benzene rings is 2. The van der Waals surface area contributed by atoms with Crippen LogP contribution < -0.4 is 5.43 Å². The van der Waals surface area contributed by atoms with Crippen LogP contribution >= 0.6 is 0 Å². The van der Waals surface area contributed by atoms with Crippen molar-refractivity contribution in [3.05, 3.63) is 104 Å². The molecule has 7 heteroatoms. The van der Waals surface area contributed by atoms with Crippen molar-refractivity contribution in [1.29, 1.82) is 0 Å². The maximum atomic E-state index is 14.2. The zero-order valence-corrected chi connectivity index (χ0v) is 22.0. The van der Waals surface area contributed by atoms with E-state index in [9.17, 15) is 19.2 Å². The van der Waals surface area contributed by atoms with Crippen LogP contribution in [-0.2, 0) is 16.1 Å². The molecule has 198 valence electrons. The highest BCUT2D eigenvalue weighted by Gasteiger charge is 2.52. The number of hydrogen-bond acceptors (Lipinski definition) is 7. The van der Waals surface area contributed by atoms with Crippen LogP contribution in [0.5, 0.6) is 0 Å². The molecule has 2 bridgehead atoms. The molecule has 4 aliphatic carbocycles. The van der Waals surface area contributed by atoms with Gasteiger partial charge in [0.15, 0.2) is 17.0 Å². The molecule has 7 nitrogen and oxygen atoms in total. The first kappa shape index (κ1) is 25.2. The minimum absolute atomic E-state index is 0.0580. The minimum Gasteiger partial charge on any atom is -0.460 e. The Bertz CT molecular complexity index is 1670. The minimum atomic E-state index is -0.987. The van der Waals surface area contributed by atoms with Gasteiger partial charge >= 0.3 is 5.97 Å². The summed E-state index contributed by atoms with van der Waals surface area (Å²) in [4.78, 5) is 54.5. The lowest BCUT2D eigenvalue weighted by Crippen LogP contribution is -2.47. The number of methoxy groups -OCH3 is 1. The van der Waals surface area contributed by atoms with Gasteiger partial charge in [0.25, 0.3) is 0 Å². The number of hydrogen-bond donors (Lipinski definition) is 0. The Hall–Kier alpha value is -4.10. The first-order valence-electron chi connectivity index (χ1n) is 13.2. The number of allylic oxidation sites excluding steroid dienone is 2. The fourth-order valence-electron chi connectivity index (χ4n) is 6.02. The van der Waals surface area contributed by atoms with E-state index in [-0.39, 0.29) is 57.5 Å². The van der Waals surface area contributed by atoms with Gasteiger partial charge in [-0.1, -0.05) is 44.2 Å². The Morgan fingerprint density at radius 2 is 1.90 bits per heavy atom. The molecule has 2 aromatic carbocycles. The average Bonchev–Trinajstić information content (AvgIpc) is 2.98. The lowest BCUT2D eigenvalue weighted by molar-refractivity contribution is 0.0342. The fourth-order valence-corrected chi connectivity index (χ4v) is 6.02. The zero-order valence-electron chi connectivity index (χ0n) is 22.0. The molecule has 0 N–H and O–H groups in total. The third-order valence-corrected chi connectivity index (χ3v) is 8.36. The SMILES string of the molecule is CC[C@@H](C)c1cc(=O)c2c(COC(=O)c3ccccc3)cc3c(c2o1)C(=O)C1=C(C3=O)[C@H]2C=C[C@]1(OC)CC2. The summed E-state index contributed by atoms with van der Waals surface area (Å²) in [5.74, 6) is -1.05. The largest absolute Gasteiger partial charge is 0.460 e. The molecule has 0 radical (unpaired) electrons. The Morgan fingerprint density at radius 1 is 1.13 bits per heavy atom. The molecule has 3 aromatic rings. The molecule has 3 atom stereocenters. The molecule has 0 amide bonds. The molecule has 4 aliphatic rings. The Balaban J connectivity index is 1.55. The van der Waals surface area contributed by atoms with Crippen molar-refractivity contribution >= 4 is 28.5 Å². The second-order valence-corrected chi connectivity index (χ2v) is 10.5. The monoisotopic (exact) mass is 524 g/mol. The molecule has 0 saturated heterocycles. The van der Waals surface area contributed by atoms with Crippen molar-refractivity contribution in [3.63, 3.8) is 0 Å². The van der Waals surface area contributed by atoms with Crippen molar-refractivity contribution in [3.8, 4) is 0 Å². The van der Waals surface area contributed by atoms with E-state index in [1.807, 2.05) is 26.0 Å². The summed E-state index contributed by atoms with van der Waals surface area (Å²) < 4.78 is 17.7. The number of ketones is 2. The van der Waals surface area contributed by atoms with Crippen molar-refractivity contribution in [1.82, 2.24) is 0 Å².